The first kappa shape index (κ1) is 31.7. The molecule has 42 heavy (non-hydrogen) atoms. The van der Waals surface area contributed by atoms with Gasteiger partial charge < -0.3 is 25.2 Å². The lowest BCUT2D eigenvalue weighted by atomic mass is 10.0. The molecular weight excluding hydrogens is 534 g/mol. The molecule has 0 spiro atoms. The van der Waals surface area contributed by atoms with Crippen molar-refractivity contribution in [2.75, 3.05) is 6.61 Å². The van der Waals surface area contributed by atoms with Crippen molar-refractivity contribution >= 4 is 18.0 Å². The van der Waals surface area contributed by atoms with Crippen molar-refractivity contribution in [2.24, 2.45) is 0 Å². The number of hydrogen-bond acceptors (Lipinski definition) is 6. The molecule has 0 aliphatic rings. The predicted molar refractivity (Wildman–Crippen MR) is 161 cm³/mol. The van der Waals surface area contributed by atoms with Crippen LogP contribution < -0.4 is 4.74 Å². The zero-order valence-corrected chi connectivity index (χ0v) is 23.3. The fourth-order valence-electron chi connectivity index (χ4n) is 3.90. The van der Waals surface area contributed by atoms with Gasteiger partial charge in [0, 0.05) is 12.1 Å². The second-order valence-electron chi connectivity index (χ2n) is 9.45. The number of aliphatic hydroxyl groups excluding tert-OH is 2. The van der Waals surface area contributed by atoms with E-state index in [0.717, 1.165) is 24.2 Å². The van der Waals surface area contributed by atoms with Crippen LogP contribution >= 0.6 is 0 Å². The van der Waals surface area contributed by atoms with Gasteiger partial charge in [-0.2, -0.15) is 0 Å². The van der Waals surface area contributed by atoms with E-state index in [-0.39, 0.29) is 12.0 Å². The van der Waals surface area contributed by atoms with Crippen LogP contribution in [0.3, 0.4) is 0 Å². The SMILES string of the molecule is CCCCOc1cccc(C(O)C=Cc2cccc(CC(O)c3cccc(C(=O)O)c3)n2)c1.O=C(O)c1ccccc1. The highest BCUT2D eigenvalue weighted by Gasteiger charge is 2.12. The number of rotatable bonds is 12. The van der Waals surface area contributed by atoms with Gasteiger partial charge in [-0.05, 0) is 78.2 Å². The molecule has 2 unspecified atom stereocenters. The van der Waals surface area contributed by atoms with Crippen LogP contribution in [0.4, 0.5) is 0 Å². The van der Waals surface area contributed by atoms with Crippen molar-refractivity contribution in [3.05, 3.63) is 137 Å². The molecule has 4 rings (SSSR count). The van der Waals surface area contributed by atoms with Gasteiger partial charge in [-0.3, -0.25) is 4.98 Å². The lowest BCUT2D eigenvalue weighted by molar-refractivity contribution is 0.0686. The van der Waals surface area contributed by atoms with Crippen LogP contribution in [0.15, 0.2) is 103 Å². The minimum absolute atomic E-state index is 0.130. The molecule has 218 valence electrons. The summed E-state index contributed by atoms with van der Waals surface area (Å²) in [6.45, 7) is 2.75. The van der Waals surface area contributed by atoms with E-state index in [9.17, 15) is 19.8 Å². The minimum atomic E-state index is -1.04. The number of hydrogen-bond donors (Lipinski definition) is 4. The molecule has 2 atom stereocenters. The highest BCUT2D eigenvalue weighted by molar-refractivity contribution is 5.88. The number of pyridine rings is 1. The molecule has 8 nitrogen and oxygen atoms in total. The van der Waals surface area contributed by atoms with Crippen molar-refractivity contribution < 1.29 is 34.8 Å². The van der Waals surface area contributed by atoms with Crippen molar-refractivity contribution in [1.29, 1.82) is 0 Å². The lowest BCUT2D eigenvalue weighted by Gasteiger charge is -2.12. The van der Waals surface area contributed by atoms with E-state index in [1.54, 1.807) is 60.7 Å². The van der Waals surface area contributed by atoms with Gasteiger partial charge in [0.25, 0.3) is 0 Å². The van der Waals surface area contributed by atoms with Gasteiger partial charge in [-0.25, -0.2) is 9.59 Å². The molecule has 1 aromatic heterocycles. The number of aromatic carboxylic acids is 2. The van der Waals surface area contributed by atoms with Crippen LogP contribution in [0.2, 0.25) is 0 Å². The molecule has 0 radical (unpaired) electrons. The Morgan fingerprint density at radius 2 is 1.48 bits per heavy atom. The van der Waals surface area contributed by atoms with Gasteiger partial charge in [0.05, 0.1) is 35.6 Å². The van der Waals surface area contributed by atoms with E-state index in [4.69, 9.17) is 14.9 Å². The van der Waals surface area contributed by atoms with Crippen molar-refractivity contribution in [1.82, 2.24) is 4.98 Å². The van der Waals surface area contributed by atoms with Crippen molar-refractivity contribution in [3.8, 4) is 5.75 Å². The molecular formula is C34H35NO7. The van der Waals surface area contributed by atoms with Crippen LogP contribution in [0.5, 0.6) is 5.75 Å². The molecule has 4 aromatic rings. The third-order valence-electron chi connectivity index (χ3n) is 6.19. The average Bonchev–Trinajstić information content (AvgIpc) is 3.01. The summed E-state index contributed by atoms with van der Waals surface area (Å²) in [6, 6.07) is 27.4. The highest BCUT2D eigenvalue weighted by atomic mass is 16.5. The zero-order valence-electron chi connectivity index (χ0n) is 23.3. The summed E-state index contributed by atoms with van der Waals surface area (Å²) in [7, 11) is 0. The predicted octanol–water partition coefficient (Wildman–Crippen LogP) is 6.37. The van der Waals surface area contributed by atoms with Gasteiger partial charge in [0.15, 0.2) is 0 Å². The average molecular weight is 570 g/mol. The first-order chi connectivity index (χ1) is 20.3. The maximum Gasteiger partial charge on any atom is 0.335 e. The number of carbonyl (C=O) groups is 2. The third kappa shape index (κ3) is 10.3. The Kier molecular flexibility index (Phi) is 12.4. The number of benzene rings is 3. The molecule has 8 heteroatoms. The topological polar surface area (TPSA) is 137 Å². The summed E-state index contributed by atoms with van der Waals surface area (Å²) < 4.78 is 5.71. The molecule has 0 saturated carbocycles. The Labute approximate surface area is 245 Å². The van der Waals surface area contributed by atoms with Crippen LogP contribution in [0.1, 0.15) is 75.2 Å². The number of unbranched alkanes of at least 4 members (excludes halogenated alkanes) is 1. The molecule has 0 amide bonds. The smallest absolute Gasteiger partial charge is 0.335 e. The number of aromatic nitrogens is 1. The molecule has 0 aliphatic heterocycles. The van der Waals surface area contributed by atoms with Gasteiger partial charge >= 0.3 is 11.9 Å². The van der Waals surface area contributed by atoms with E-state index in [2.05, 4.69) is 11.9 Å². The summed E-state index contributed by atoms with van der Waals surface area (Å²) in [5, 5.41) is 38.6. The Hall–Kier alpha value is -4.79. The standard InChI is InChI=1S/C27H29NO5.C7H6O2/c1-2-3-15-33-24-12-5-8-20(17-24)25(29)14-13-22-10-6-11-23(28-22)18-26(30)19-7-4-9-21(16-19)27(31)32;8-7(9)6-4-2-1-3-5-6/h4-14,16-17,25-26,29-30H,2-3,15,18H2,1H3,(H,31,32);1-5H,(H,8,9). The fraction of sp³-hybridized carbons (Fsp3) is 0.206. The van der Waals surface area contributed by atoms with Gasteiger partial charge in [-0.15, -0.1) is 0 Å². The highest BCUT2D eigenvalue weighted by Crippen LogP contribution is 2.22. The Balaban J connectivity index is 0.000000458. The number of aliphatic hydroxyl groups is 2. The van der Waals surface area contributed by atoms with Crippen LogP contribution in [0.25, 0.3) is 6.08 Å². The summed E-state index contributed by atoms with van der Waals surface area (Å²) >= 11 is 0. The third-order valence-corrected chi connectivity index (χ3v) is 6.19. The quantitative estimate of drug-likeness (QED) is 0.145. The monoisotopic (exact) mass is 569 g/mol. The van der Waals surface area contributed by atoms with E-state index in [1.807, 2.05) is 36.4 Å². The van der Waals surface area contributed by atoms with Gasteiger partial charge in [0.2, 0.25) is 0 Å². The minimum Gasteiger partial charge on any atom is -0.494 e. The molecule has 3 aromatic carbocycles. The molecule has 0 aliphatic carbocycles. The van der Waals surface area contributed by atoms with Crippen LogP contribution in [-0.2, 0) is 6.42 Å². The summed E-state index contributed by atoms with van der Waals surface area (Å²) in [4.78, 5) is 25.9. The largest absolute Gasteiger partial charge is 0.494 e. The van der Waals surface area contributed by atoms with E-state index < -0.39 is 24.1 Å². The molecule has 4 N–H and O–H groups in total. The summed E-state index contributed by atoms with van der Waals surface area (Å²) in [5.74, 6) is -1.18. The van der Waals surface area contributed by atoms with Crippen molar-refractivity contribution in [3.63, 3.8) is 0 Å². The Morgan fingerprint density at radius 1 is 0.810 bits per heavy atom. The van der Waals surface area contributed by atoms with E-state index >= 15 is 0 Å². The number of nitrogens with zero attached hydrogens (tertiary/aromatic N) is 1. The first-order valence-electron chi connectivity index (χ1n) is 13.6. The fourth-order valence-corrected chi connectivity index (χ4v) is 3.90. The maximum atomic E-state index is 11.2. The van der Waals surface area contributed by atoms with Gasteiger partial charge in [-0.1, -0.05) is 61.9 Å². The molecule has 1 heterocycles. The first-order valence-corrected chi connectivity index (χ1v) is 13.6. The Bertz CT molecular complexity index is 1470. The second kappa shape index (κ2) is 16.5. The second-order valence-corrected chi connectivity index (χ2v) is 9.45. The van der Waals surface area contributed by atoms with Crippen LogP contribution in [-0.4, -0.2) is 44.0 Å². The molecule has 0 saturated heterocycles. The number of carboxylic acids is 2. The van der Waals surface area contributed by atoms with E-state index in [0.29, 0.717) is 29.1 Å². The number of carboxylic acid groups (broad SMARTS) is 2. The normalized spacial score (nSPS) is 12.2. The zero-order chi connectivity index (χ0) is 30.3. The summed E-state index contributed by atoms with van der Waals surface area (Å²) in [6.07, 6.45) is 3.98. The Morgan fingerprint density at radius 3 is 2.17 bits per heavy atom. The van der Waals surface area contributed by atoms with Gasteiger partial charge in [0.1, 0.15) is 5.75 Å². The van der Waals surface area contributed by atoms with E-state index in [1.165, 1.54) is 12.1 Å². The van der Waals surface area contributed by atoms with Crippen molar-refractivity contribution in [2.45, 2.75) is 38.4 Å². The number of ether oxygens (including phenoxy) is 1. The summed E-state index contributed by atoms with van der Waals surface area (Å²) in [5.41, 5.74) is 3.02. The molecule has 0 fully saturated rings. The van der Waals surface area contributed by atoms with Crippen LogP contribution in [0, 0.1) is 0 Å². The molecule has 0 bridgehead atoms. The maximum absolute atomic E-state index is 11.2. The lowest BCUT2D eigenvalue weighted by Crippen LogP contribution is -2.06.